The van der Waals surface area contributed by atoms with E-state index in [0.717, 1.165) is 6.42 Å². The van der Waals surface area contributed by atoms with E-state index in [0.29, 0.717) is 4.08 Å². The van der Waals surface area contributed by atoms with Crippen LogP contribution >= 0.6 is 23.5 Å². The van der Waals surface area contributed by atoms with Crippen molar-refractivity contribution in [1.82, 2.24) is 0 Å². The van der Waals surface area contributed by atoms with Gasteiger partial charge in [-0.05, 0) is 20.3 Å². The van der Waals surface area contributed by atoms with Crippen molar-refractivity contribution in [3.8, 4) is 0 Å². The van der Waals surface area contributed by atoms with E-state index in [-0.39, 0.29) is 6.10 Å². The maximum absolute atomic E-state index is 9.15. The van der Waals surface area contributed by atoms with Crippen molar-refractivity contribution in [2.45, 2.75) is 30.5 Å². The molecule has 1 N–H and O–H groups in total. The fourth-order valence-corrected chi connectivity index (χ4v) is 4.29. The molecule has 1 nitrogen and oxygen atoms in total. The van der Waals surface area contributed by atoms with Gasteiger partial charge in [-0.15, -0.1) is 23.5 Å². The lowest BCUT2D eigenvalue weighted by Crippen LogP contribution is -2.18. The Morgan fingerprint density at radius 1 is 1.50 bits per heavy atom. The molecule has 60 valence electrons. The topological polar surface area (TPSA) is 20.2 Å². The van der Waals surface area contributed by atoms with Crippen molar-refractivity contribution in [1.29, 1.82) is 0 Å². The van der Waals surface area contributed by atoms with Gasteiger partial charge in [0.05, 0.1) is 10.2 Å². The predicted molar refractivity (Wildman–Crippen MR) is 49.6 cm³/mol. The minimum Gasteiger partial charge on any atom is -0.393 e. The Labute approximate surface area is 71.0 Å². The van der Waals surface area contributed by atoms with Gasteiger partial charge in [0.25, 0.3) is 0 Å². The van der Waals surface area contributed by atoms with Crippen LogP contribution in [0.2, 0.25) is 0 Å². The average Bonchev–Trinajstić information content (AvgIpc) is 2.12. The Morgan fingerprint density at radius 2 is 2.00 bits per heavy atom. The lowest BCUT2D eigenvalue weighted by atomic mass is 10.2. The van der Waals surface area contributed by atoms with Crippen molar-refractivity contribution < 1.29 is 5.11 Å². The molecular weight excluding hydrogens is 164 g/mol. The van der Waals surface area contributed by atoms with Crippen LogP contribution in [0.5, 0.6) is 0 Å². The molecule has 1 fully saturated rings. The average molecular weight is 178 g/mol. The maximum atomic E-state index is 9.15. The number of hydrogen-bond acceptors (Lipinski definition) is 3. The molecule has 1 aliphatic rings. The molecule has 0 aromatic rings. The molecule has 0 aliphatic carbocycles. The van der Waals surface area contributed by atoms with Gasteiger partial charge in [-0.25, -0.2) is 0 Å². The van der Waals surface area contributed by atoms with Crippen LogP contribution in [0.15, 0.2) is 0 Å². The zero-order chi connectivity index (χ0) is 7.61. The summed E-state index contributed by atoms with van der Waals surface area (Å²) in [5.74, 6) is 2.49. The van der Waals surface area contributed by atoms with Gasteiger partial charge in [0.1, 0.15) is 0 Å². The fraction of sp³-hybridized carbons (Fsp3) is 1.00. The molecule has 10 heavy (non-hydrogen) atoms. The molecule has 1 rings (SSSR count). The van der Waals surface area contributed by atoms with Gasteiger partial charge in [0.15, 0.2) is 0 Å². The molecule has 0 aromatic carbocycles. The van der Waals surface area contributed by atoms with Crippen LogP contribution in [0.25, 0.3) is 0 Å². The van der Waals surface area contributed by atoms with E-state index in [1.165, 1.54) is 11.5 Å². The van der Waals surface area contributed by atoms with Gasteiger partial charge in [0, 0.05) is 11.5 Å². The van der Waals surface area contributed by atoms with Crippen LogP contribution in [0.3, 0.4) is 0 Å². The second-order valence-electron chi connectivity index (χ2n) is 2.88. The van der Waals surface area contributed by atoms with Crippen LogP contribution in [-0.4, -0.2) is 26.8 Å². The lowest BCUT2D eigenvalue weighted by molar-refractivity contribution is 0.182. The summed E-state index contributed by atoms with van der Waals surface area (Å²) >= 11 is 3.95. The highest BCUT2D eigenvalue weighted by Gasteiger charge is 2.31. The van der Waals surface area contributed by atoms with Gasteiger partial charge in [-0.3, -0.25) is 0 Å². The van der Waals surface area contributed by atoms with Crippen molar-refractivity contribution in [2.24, 2.45) is 0 Å². The predicted octanol–water partition coefficient (Wildman–Crippen LogP) is 1.95. The van der Waals surface area contributed by atoms with E-state index in [1.54, 1.807) is 0 Å². The van der Waals surface area contributed by atoms with Crippen molar-refractivity contribution >= 4 is 23.5 Å². The smallest absolute Gasteiger partial charge is 0.0608 e. The van der Waals surface area contributed by atoms with Gasteiger partial charge >= 0.3 is 0 Å². The first-order valence-electron chi connectivity index (χ1n) is 3.58. The normalized spacial score (nSPS) is 26.7. The summed E-state index contributed by atoms with van der Waals surface area (Å²) in [6.45, 7) is 4.09. The van der Waals surface area contributed by atoms with Gasteiger partial charge < -0.3 is 5.11 Å². The molecule has 0 aromatic heterocycles. The second kappa shape index (κ2) is 3.37. The van der Waals surface area contributed by atoms with Crippen molar-refractivity contribution in [3.63, 3.8) is 0 Å². The Hall–Kier alpha value is 0.660. The van der Waals surface area contributed by atoms with E-state index in [9.17, 15) is 0 Å². The fourth-order valence-electron chi connectivity index (χ4n) is 1.21. The molecule has 0 bridgehead atoms. The Kier molecular flexibility index (Phi) is 2.95. The Morgan fingerprint density at radius 3 is 2.40 bits per heavy atom. The minimum absolute atomic E-state index is 0.150. The molecule has 1 aliphatic heterocycles. The van der Waals surface area contributed by atoms with E-state index in [2.05, 4.69) is 6.92 Å². The van der Waals surface area contributed by atoms with E-state index >= 15 is 0 Å². The van der Waals surface area contributed by atoms with Crippen LogP contribution < -0.4 is 0 Å². The monoisotopic (exact) mass is 178 g/mol. The number of thioether (sulfide) groups is 2. The molecule has 0 spiro atoms. The molecule has 0 radical (unpaired) electrons. The first kappa shape index (κ1) is 8.75. The van der Waals surface area contributed by atoms with Gasteiger partial charge in [-0.1, -0.05) is 0 Å². The number of hydrogen-bond donors (Lipinski definition) is 1. The highest BCUT2D eigenvalue weighted by atomic mass is 32.2. The summed E-state index contributed by atoms with van der Waals surface area (Å²) < 4.78 is 0.300. The maximum Gasteiger partial charge on any atom is 0.0608 e. The number of aliphatic hydroxyl groups excluding tert-OH is 1. The molecule has 0 saturated carbocycles. The number of rotatable bonds is 2. The summed E-state index contributed by atoms with van der Waals surface area (Å²) in [6, 6.07) is 0. The summed E-state index contributed by atoms with van der Waals surface area (Å²) in [7, 11) is 0. The summed E-state index contributed by atoms with van der Waals surface area (Å²) in [5.41, 5.74) is 0. The third-order valence-electron chi connectivity index (χ3n) is 1.56. The first-order chi connectivity index (χ1) is 4.62. The van der Waals surface area contributed by atoms with Crippen molar-refractivity contribution in [2.75, 3.05) is 11.5 Å². The minimum atomic E-state index is -0.150. The standard InChI is InChI=1S/C7H14OS2/c1-6(8)5-7(2)9-3-4-10-7/h6,8H,3-5H2,1-2H3. The van der Waals surface area contributed by atoms with E-state index in [4.69, 9.17) is 5.11 Å². The van der Waals surface area contributed by atoms with Crippen LogP contribution in [0.4, 0.5) is 0 Å². The van der Waals surface area contributed by atoms with Crippen molar-refractivity contribution in [3.05, 3.63) is 0 Å². The van der Waals surface area contributed by atoms with Gasteiger partial charge in [0.2, 0.25) is 0 Å². The quantitative estimate of drug-likeness (QED) is 0.698. The van der Waals surface area contributed by atoms with E-state index < -0.39 is 0 Å². The highest BCUT2D eigenvalue weighted by Crippen LogP contribution is 2.46. The molecule has 1 atom stereocenters. The van der Waals surface area contributed by atoms with Gasteiger partial charge in [-0.2, -0.15) is 0 Å². The summed E-state index contributed by atoms with van der Waals surface area (Å²) in [6.07, 6.45) is 0.769. The second-order valence-corrected chi connectivity index (χ2v) is 6.34. The largest absolute Gasteiger partial charge is 0.393 e. The van der Waals surface area contributed by atoms with Crippen LogP contribution in [-0.2, 0) is 0 Å². The Balaban J connectivity index is 2.36. The third kappa shape index (κ3) is 2.36. The zero-order valence-corrected chi connectivity index (χ0v) is 8.10. The summed E-state index contributed by atoms with van der Waals surface area (Å²) in [5, 5.41) is 9.15. The van der Waals surface area contributed by atoms with Crippen LogP contribution in [0.1, 0.15) is 20.3 Å². The highest BCUT2D eigenvalue weighted by molar-refractivity contribution is 8.21. The molecule has 1 unspecified atom stereocenters. The molecule has 1 saturated heterocycles. The molecular formula is C7H14OS2. The summed E-state index contributed by atoms with van der Waals surface area (Å²) in [4.78, 5) is 0. The number of aliphatic hydroxyl groups is 1. The van der Waals surface area contributed by atoms with Crippen LogP contribution in [0, 0.1) is 0 Å². The lowest BCUT2D eigenvalue weighted by Gasteiger charge is -2.22. The third-order valence-corrected chi connectivity index (χ3v) is 4.90. The Bertz CT molecular complexity index is 108. The molecule has 3 heteroatoms. The molecule has 0 amide bonds. The molecule has 1 heterocycles. The first-order valence-corrected chi connectivity index (χ1v) is 5.55. The van der Waals surface area contributed by atoms with E-state index in [1.807, 2.05) is 30.4 Å². The SMILES string of the molecule is CC(O)CC1(C)SCCS1. The zero-order valence-electron chi connectivity index (χ0n) is 6.46.